The van der Waals surface area contributed by atoms with Gasteiger partial charge >= 0.3 is 0 Å². The van der Waals surface area contributed by atoms with Gasteiger partial charge in [-0.25, -0.2) is 9.97 Å². The van der Waals surface area contributed by atoms with E-state index >= 15 is 0 Å². The minimum absolute atomic E-state index is 0.0320. The molecule has 2 aromatic carbocycles. The number of carbonyl (C=O) groups is 1. The maximum absolute atomic E-state index is 12.1. The van der Waals surface area contributed by atoms with Crippen molar-refractivity contribution in [3.05, 3.63) is 78.1 Å². The fraction of sp³-hybridized carbons (Fsp3) is 0.292. The zero-order valence-electron chi connectivity index (χ0n) is 16.9. The Morgan fingerprint density at radius 3 is 2.27 bits per heavy atom. The van der Waals surface area contributed by atoms with Gasteiger partial charge in [0, 0.05) is 37.6 Å². The first-order valence-electron chi connectivity index (χ1n) is 10.5. The maximum Gasteiger partial charge on any atom is 0.235 e. The van der Waals surface area contributed by atoms with Crippen molar-refractivity contribution in [1.82, 2.24) is 20.2 Å². The molecule has 1 amide bonds. The molecule has 3 heterocycles. The largest absolute Gasteiger partial charge is 0.341 e. The lowest BCUT2D eigenvalue weighted by molar-refractivity contribution is -0.118. The average Bonchev–Trinajstić information content (AvgIpc) is 3.45. The third-order valence-corrected chi connectivity index (χ3v) is 5.82. The first-order chi connectivity index (χ1) is 14.8. The summed E-state index contributed by atoms with van der Waals surface area (Å²) in [7, 11) is 0. The summed E-state index contributed by atoms with van der Waals surface area (Å²) in [5.41, 5.74) is 4.49. The van der Waals surface area contributed by atoms with Crippen molar-refractivity contribution in [3.63, 3.8) is 0 Å². The highest BCUT2D eigenvalue weighted by Gasteiger charge is 2.31. The second-order valence-corrected chi connectivity index (χ2v) is 7.95. The highest BCUT2D eigenvalue weighted by Crippen LogP contribution is 2.26. The van der Waals surface area contributed by atoms with E-state index in [-0.39, 0.29) is 12.1 Å². The number of aromatic nitrogens is 2. The van der Waals surface area contributed by atoms with Crippen molar-refractivity contribution in [2.24, 2.45) is 0 Å². The predicted molar refractivity (Wildman–Crippen MR) is 117 cm³/mol. The Morgan fingerprint density at radius 2 is 1.57 bits per heavy atom. The van der Waals surface area contributed by atoms with E-state index in [9.17, 15) is 4.79 Å². The summed E-state index contributed by atoms with van der Waals surface area (Å²) in [5.74, 6) is 0.813. The molecule has 2 fully saturated rings. The second-order valence-electron chi connectivity index (χ2n) is 7.95. The lowest BCUT2D eigenvalue weighted by Gasteiger charge is -2.23. The van der Waals surface area contributed by atoms with E-state index in [4.69, 9.17) is 0 Å². The van der Waals surface area contributed by atoms with Crippen molar-refractivity contribution >= 4 is 11.9 Å². The highest BCUT2D eigenvalue weighted by atomic mass is 16.2. The summed E-state index contributed by atoms with van der Waals surface area (Å²) in [5, 5.41) is 3.06. The van der Waals surface area contributed by atoms with Gasteiger partial charge in [0.2, 0.25) is 11.9 Å². The van der Waals surface area contributed by atoms with Crippen LogP contribution in [0.3, 0.4) is 0 Å². The van der Waals surface area contributed by atoms with Crippen molar-refractivity contribution in [2.45, 2.75) is 25.6 Å². The first-order valence-corrected chi connectivity index (χ1v) is 10.5. The lowest BCUT2D eigenvalue weighted by atomic mass is 10.0. The van der Waals surface area contributed by atoms with Gasteiger partial charge in [-0.05, 0) is 29.5 Å². The third kappa shape index (κ3) is 3.91. The van der Waals surface area contributed by atoms with Gasteiger partial charge in [0.15, 0.2) is 0 Å². The SMILES string of the molecule is O=C1CN(Cc2ccc(-c3ccccc3)cc2)C(c2cnc(N3CCCC3)nc2)N1. The standard InChI is InChI=1S/C24H25N5O/c30-22-17-29(16-18-8-10-20(11-9-18)19-6-2-1-3-7-19)23(27-22)21-14-25-24(26-15-21)28-12-4-5-13-28/h1-3,6-11,14-15,23H,4-5,12-13,16-17H2,(H,27,30). The third-order valence-electron chi connectivity index (χ3n) is 5.82. The van der Waals surface area contributed by atoms with Crippen LogP contribution in [0.25, 0.3) is 11.1 Å². The molecular formula is C24H25N5O. The molecule has 0 spiro atoms. The van der Waals surface area contributed by atoms with E-state index in [0.29, 0.717) is 13.1 Å². The quantitative estimate of drug-likeness (QED) is 0.713. The van der Waals surface area contributed by atoms with Crippen molar-refractivity contribution in [2.75, 3.05) is 24.5 Å². The topological polar surface area (TPSA) is 61.4 Å². The van der Waals surface area contributed by atoms with Gasteiger partial charge in [-0.1, -0.05) is 54.6 Å². The van der Waals surface area contributed by atoms with Gasteiger partial charge in [-0.2, -0.15) is 0 Å². The molecule has 1 aromatic heterocycles. The van der Waals surface area contributed by atoms with Crippen LogP contribution in [0.2, 0.25) is 0 Å². The van der Waals surface area contributed by atoms with Crippen molar-refractivity contribution in [3.8, 4) is 11.1 Å². The molecule has 3 aromatic rings. The molecular weight excluding hydrogens is 374 g/mol. The highest BCUT2D eigenvalue weighted by molar-refractivity contribution is 5.80. The van der Waals surface area contributed by atoms with E-state index in [0.717, 1.165) is 24.6 Å². The smallest absolute Gasteiger partial charge is 0.235 e. The Kier molecular flexibility index (Phi) is 5.15. The Bertz CT molecular complexity index is 998. The van der Waals surface area contributed by atoms with Crippen molar-refractivity contribution in [1.29, 1.82) is 0 Å². The Morgan fingerprint density at radius 1 is 0.900 bits per heavy atom. The summed E-state index contributed by atoms with van der Waals surface area (Å²) in [6.07, 6.45) is 5.89. The van der Waals surface area contributed by atoms with Gasteiger partial charge in [-0.3, -0.25) is 9.69 Å². The fourth-order valence-corrected chi connectivity index (χ4v) is 4.23. The minimum atomic E-state index is -0.195. The van der Waals surface area contributed by atoms with Gasteiger partial charge in [0.1, 0.15) is 6.17 Å². The van der Waals surface area contributed by atoms with Gasteiger partial charge in [0.05, 0.1) is 6.54 Å². The number of nitrogens with one attached hydrogen (secondary N) is 1. The van der Waals surface area contributed by atoms with E-state index in [1.54, 1.807) is 0 Å². The first kappa shape index (κ1) is 18.8. The molecule has 2 aliphatic rings. The predicted octanol–water partition coefficient (Wildman–Crippen LogP) is 3.37. The van der Waals surface area contributed by atoms with E-state index in [2.05, 4.69) is 61.5 Å². The number of nitrogens with zero attached hydrogens (tertiary/aromatic N) is 4. The molecule has 6 nitrogen and oxygen atoms in total. The number of hydrogen-bond acceptors (Lipinski definition) is 5. The normalized spacial score (nSPS) is 19.3. The molecule has 0 bridgehead atoms. The van der Waals surface area contributed by atoms with Gasteiger partial charge in [0.25, 0.3) is 0 Å². The number of rotatable bonds is 5. The molecule has 6 heteroatoms. The van der Waals surface area contributed by atoms with Crippen LogP contribution in [-0.4, -0.2) is 40.4 Å². The van der Waals surface area contributed by atoms with Crippen LogP contribution < -0.4 is 10.2 Å². The Labute approximate surface area is 176 Å². The molecule has 0 radical (unpaired) electrons. The van der Waals surface area contributed by atoms with Crippen LogP contribution in [0.15, 0.2) is 67.0 Å². The molecule has 0 aliphatic carbocycles. The molecule has 1 N–H and O–H groups in total. The fourth-order valence-electron chi connectivity index (χ4n) is 4.23. The average molecular weight is 399 g/mol. The minimum Gasteiger partial charge on any atom is -0.341 e. The maximum atomic E-state index is 12.1. The number of hydrogen-bond donors (Lipinski definition) is 1. The number of anilines is 1. The number of benzene rings is 2. The molecule has 1 unspecified atom stereocenters. The summed E-state index contributed by atoms with van der Waals surface area (Å²) >= 11 is 0. The molecule has 30 heavy (non-hydrogen) atoms. The molecule has 2 aliphatic heterocycles. The number of amides is 1. The van der Waals surface area contributed by atoms with Gasteiger partial charge < -0.3 is 10.2 Å². The summed E-state index contributed by atoms with van der Waals surface area (Å²) < 4.78 is 0. The van der Waals surface area contributed by atoms with Crippen LogP contribution in [0, 0.1) is 0 Å². The van der Waals surface area contributed by atoms with E-state index in [1.807, 2.05) is 30.6 Å². The molecule has 0 saturated carbocycles. The zero-order chi connectivity index (χ0) is 20.3. The monoisotopic (exact) mass is 399 g/mol. The van der Waals surface area contributed by atoms with Crippen LogP contribution in [0.1, 0.15) is 30.1 Å². The van der Waals surface area contributed by atoms with Gasteiger partial charge in [-0.15, -0.1) is 0 Å². The summed E-state index contributed by atoms with van der Waals surface area (Å²) in [4.78, 5) is 25.6. The molecule has 2 saturated heterocycles. The van der Waals surface area contributed by atoms with E-state index in [1.165, 1.54) is 29.5 Å². The molecule has 152 valence electrons. The molecule has 1 atom stereocenters. The van der Waals surface area contributed by atoms with Crippen LogP contribution in [-0.2, 0) is 11.3 Å². The summed E-state index contributed by atoms with van der Waals surface area (Å²) in [6.45, 7) is 3.10. The second kappa shape index (κ2) is 8.24. The Hall–Kier alpha value is -3.25. The van der Waals surface area contributed by atoms with Crippen molar-refractivity contribution < 1.29 is 4.79 Å². The molecule has 5 rings (SSSR count). The zero-order valence-corrected chi connectivity index (χ0v) is 16.9. The van der Waals surface area contributed by atoms with Crippen LogP contribution in [0.5, 0.6) is 0 Å². The van der Waals surface area contributed by atoms with E-state index < -0.39 is 0 Å². The summed E-state index contributed by atoms with van der Waals surface area (Å²) in [6, 6.07) is 18.9. The Balaban J connectivity index is 1.30. The van der Waals surface area contributed by atoms with Crippen LogP contribution in [0.4, 0.5) is 5.95 Å². The van der Waals surface area contributed by atoms with Crippen LogP contribution >= 0.6 is 0 Å². The lowest BCUT2D eigenvalue weighted by Crippen LogP contribution is -2.28. The number of carbonyl (C=O) groups excluding carboxylic acids is 1.